The van der Waals surface area contributed by atoms with Gasteiger partial charge in [0.15, 0.2) is 5.16 Å². The van der Waals surface area contributed by atoms with Crippen LogP contribution < -0.4 is 5.56 Å². The average Bonchev–Trinajstić information content (AvgIpc) is 2.87. The third-order valence-corrected chi connectivity index (χ3v) is 5.14. The topological polar surface area (TPSA) is 45.8 Å². The Labute approximate surface area is 133 Å². The third-order valence-electron chi connectivity index (χ3n) is 2.73. The molecule has 2 aromatic heterocycles. The zero-order valence-corrected chi connectivity index (χ0v) is 13.2. The van der Waals surface area contributed by atoms with Crippen molar-refractivity contribution in [1.29, 1.82) is 0 Å². The highest BCUT2D eigenvalue weighted by molar-refractivity contribution is 7.98. The summed E-state index contributed by atoms with van der Waals surface area (Å²) in [7, 11) is 0. The van der Waals surface area contributed by atoms with Crippen LogP contribution in [0.3, 0.4) is 0 Å². The number of aromatic nitrogens is 2. The average molecular weight is 343 g/mol. The van der Waals surface area contributed by atoms with Crippen molar-refractivity contribution >= 4 is 56.5 Å². The number of aromatic amines is 1. The number of H-pyrrole nitrogens is 1. The Balaban J connectivity index is 1.88. The smallest absolute Gasteiger partial charge is 0.260 e. The Kier molecular flexibility index (Phi) is 4.03. The summed E-state index contributed by atoms with van der Waals surface area (Å²) >= 11 is 15.1. The van der Waals surface area contributed by atoms with E-state index < -0.39 is 0 Å². The van der Waals surface area contributed by atoms with Crippen molar-refractivity contribution in [2.24, 2.45) is 0 Å². The van der Waals surface area contributed by atoms with E-state index in [-0.39, 0.29) is 5.56 Å². The van der Waals surface area contributed by atoms with Crippen molar-refractivity contribution in [3.8, 4) is 0 Å². The second kappa shape index (κ2) is 5.77. The molecule has 102 valence electrons. The molecule has 0 bridgehead atoms. The lowest BCUT2D eigenvalue weighted by atomic mass is 10.2. The maximum absolute atomic E-state index is 11.9. The number of hydrogen-bond donors (Lipinski definition) is 1. The van der Waals surface area contributed by atoms with Crippen LogP contribution in [0.25, 0.3) is 10.2 Å². The van der Waals surface area contributed by atoms with Gasteiger partial charge in [0.1, 0.15) is 4.83 Å². The highest BCUT2D eigenvalue weighted by Gasteiger charge is 2.09. The molecule has 0 saturated carbocycles. The van der Waals surface area contributed by atoms with Crippen LogP contribution in [0.15, 0.2) is 39.6 Å². The van der Waals surface area contributed by atoms with Crippen molar-refractivity contribution in [3.63, 3.8) is 0 Å². The normalized spacial score (nSPS) is 11.1. The first kappa shape index (κ1) is 13.9. The van der Waals surface area contributed by atoms with Crippen LogP contribution >= 0.6 is 46.3 Å². The summed E-state index contributed by atoms with van der Waals surface area (Å²) in [5, 5.41) is 4.27. The zero-order chi connectivity index (χ0) is 14.1. The summed E-state index contributed by atoms with van der Waals surface area (Å²) in [4.78, 5) is 19.8. The minimum atomic E-state index is -0.121. The van der Waals surface area contributed by atoms with E-state index in [0.29, 0.717) is 26.3 Å². The van der Waals surface area contributed by atoms with Gasteiger partial charge in [-0.3, -0.25) is 4.79 Å². The number of nitrogens with zero attached hydrogens (tertiary/aromatic N) is 1. The van der Waals surface area contributed by atoms with E-state index in [2.05, 4.69) is 9.97 Å². The molecule has 7 heteroatoms. The molecule has 0 saturated heterocycles. The minimum Gasteiger partial charge on any atom is -0.301 e. The fraction of sp³-hybridized carbons (Fsp3) is 0.0769. The fourth-order valence-corrected chi connectivity index (χ4v) is 4.15. The van der Waals surface area contributed by atoms with E-state index in [1.165, 1.54) is 23.1 Å². The first-order chi connectivity index (χ1) is 9.65. The van der Waals surface area contributed by atoms with E-state index in [1.807, 2.05) is 5.38 Å². The molecule has 0 aliphatic heterocycles. The van der Waals surface area contributed by atoms with Crippen molar-refractivity contribution in [1.82, 2.24) is 9.97 Å². The second-order valence-corrected chi connectivity index (χ2v) is 6.67. The van der Waals surface area contributed by atoms with Gasteiger partial charge in [-0.05, 0) is 29.1 Å². The molecule has 0 amide bonds. The van der Waals surface area contributed by atoms with Gasteiger partial charge in [0.25, 0.3) is 5.56 Å². The largest absolute Gasteiger partial charge is 0.301 e. The molecule has 0 unspecified atom stereocenters. The zero-order valence-electron chi connectivity index (χ0n) is 10.0. The van der Waals surface area contributed by atoms with Crippen LogP contribution in [0.1, 0.15) is 5.56 Å². The van der Waals surface area contributed by atoms with Gasteiger partial charge in [0.05, 0.1) is 5.39 Å². The predicted molar refractivity (Wildman–Crippen MR) is 86.3 cm³/mol. The number of halogens is 2. The van der Waals surface area contributed by atoms with E-state index >= 15 is 0 Å². The molecular formula is C13H8Cl2N2OS2. The van der Waals surface area contributed by atoms with Crippen molar-refractivity contribution in [2.75, 3.05) is 0 Å². The van der Waals surface area contributed by atoms with Gasteiger partial charge in [0, 0.05) is 15.8 Å². The highest BCUT2D eigenvalue weighted by Crippen LogP contribution is 2.30. The molecule has 0 aliphatic carbocycles. The van der Waals surface area contributed by atoms with Crippen LogP contribution in [-0.2, 0) is 5.75 Å². The number of thioether (sulfide) groups is 1. The summed E-state index contributed by atoms with van der Waals surface area (Å²) in [5.41, 5.74) is 0.721. The molecule has 2 heterocycles. The Morgan fingerprint density at radius 1 is 1.25 bits per heavy atom. The minimum absolute atomic E-state index is 0.121. The Hall–Kier alpha value is -1.01. The van der Waals surface area contributed by atoms with Gasteiger partial charge in [-0.1, -0.05) is 41.0 Å². The van der Waals surface area contributed by atoms with E-state index in [4.69, 9.17) is 23.2 Å². The Morgan fingerprint density at radius 2 is 2.00 bits per heavy atom. The van der Waals surface area contributed by atoms with Gasteiger partial charge >= 0.3 is 0 Å². The Bertz CT molecular complexity index is 808. The molecule has 0 aliphatic rings. The first-order valence-corrected chi connectivity index (χ1v) is 8.30. The third kappa shape index (κ3) is 2.72. The molecule has 20 heavy (non-hydrogen) atoms. The molecule has 0 atom stereocenters. The maximum atomic E-state index is 11.9. The Morgan fingerprint density at radius 3 is 2.75 bits per heavy atom. The monoisotopic (exact) mass is 342 g/mol. The van der Waals surface area contributed by atoms with Crippen LogP contribution in [0.4, 0.5) is 0 Å². The lowest BCUT2D eigenvalue weighted by molar-refractivity contribution is 0.979. The number of fused-ring (bicyclic) bond motifs is 1. The second-order valence-electron chi connectivity index (χ2n) is 4.00. The fourth-order valence-electron chi connectivity index (χ4n) is 1.72. The van der Waals surface area contributed by atoms with E-state index in [0.717, 1.165) is 10.4 Å². The molecule has 1 N–H and O–H groups in total. The predicted octanol–water partition coefficient (Wildman–Crippen LogP) is 4.58. The van der Waals surface area contributed by atoms with Crippen molar-refractivity contribution in [3.05, 3.63) is 55.6 Å². The molecule has 3 rings (SSSR count). The molecule has 0 spiro atoms. The summed E-state index contributed by atoms with van der Waals surface area (Å²) in [6.07, 6.45) is 0. The number of benzene rings is 1. The summed E-state index contributed by atoms with van der Waals surface area (Å²) < 4.78 is 0. The van der Waals surface area contributed by atoms with Gasteiger partial charge in [-0.15, -0.1) is 11.3 Å². The molecule has 3 aromatic rings. The summed E-state index contributed by atoms with van der Waals surface area (Å²) in [6, 6.07) is 7.16. The molecule has 0 fully saturated rings. The van der Waals surface area contributed by atoms with Crippen molar-refractivity contribution in [2.45, 2.75) is 10.9 Å². The number of thiophene rings is 1. The summed E-state index contributed by atoms with van der Waals surface area (Å²) in [6.45, 7) is 0. The first-order valence-electron chi connectivity index (χ1n) is 5.68. The van der Waals surface area contributed by atoms with Crippen LogP contribution in [0, 0.1) is 0 Å². The van der Waals surface area contributed by atoms with E-state index in [9.17, 15) is 4.79 Å². The van der Waals surface area contributed by atoms with Gasteiger partial charge in [-0.25, -0.2) is 4.98 Å². The maximum Gasteiger partial charge on any atom is 0.260 e. The van der Waals surface area contributed by atoms with Crippen LogP contribution in [0.2, 0.25) is 10.0 Å². The van der Waals surface area contributed by atoms with Gasteiger partial charge in [0.2, 0.25) is 0 Å². The quantitative estimate of drug-likeness (QED) is 0.559. The molecule has 1 aromatic carbocycles. The molecular weight excluding hydrogens is 335 g/mol. The lowest BCUT2D eigenvalue weighted by Crippen LogP contribution is -2.07. The van der Waals surface area contributed by atoms with Crippen LogP contribution in [0.5, 0.6) is 0 Å². The standard InChI is InChI=1S/C13H8Cl2N2OS2/c14-9-2-1-3-10(15)8(9)6-20-13-16-11(18)7-4-5-19-12(7)17-13/h1-5H,6H2,(H,16,17,18). The van der Waals surface area contributed by atoms with E-state index in [1.54, 1.807) is 24.3 Å². The summed E-state index contributed by atoms with van der Waals surface area (Å²) in [5.74, 6) is 0.554. The number of rotatable bonds is 3. The number of hydrogen-bond acceptors (Lipinski definition) is 4. The lowest BCUT2D eigenvalue weighted by Gasteiger charge is -2.06. The van der Waals surface area contributed by atoms with Crippen LogP contribution in [-0.4, -0.2) is 9.97 Å². The van der Waals surface area contributed by atoms with Gasteiger partial charge in [-0.2, -0.15) is 0 Å². The highest BCUT2D eigenvalue weighted by atomic mass is 35.5. The molecule has 3 nitrogen and oxygen atoms in total. The van der Waals surface area contributed by atoms with Crippen molar-refractivity contribution < 1.29 is 0 Å². The SMILES string of the molecule is O=c1[nH]c(SCc2c(Cl)cccc2Cl)nc2sccc12. The molecule has 0 radical (unpaired) electrons. The number of nitrogens with one attached hydrogen (secondary N) is 1. The van der Waals surface area contributed by atoms with Gasteiger partial charge < -0.3 is 4.98 Å².